The summed E-state index contributed by atoms with van der Waals surface area (Å²) in [7, 11) is -3.35. The normalized spacial score (nSPS) is 11.6. The summed E-state index contributed by atoms with van der Waals surface area (Å²) < 4.78 is 26.3. The molecule has 1 N–H and O–H groups in total. The van der Waals surface area contributed by atoms with Gasteiger partial charge in [0.2, 0.25) is 10.0 Å². The molecule has 0 saturated carbocycles. The summed E-state index contributed by atoms with van der Waals surface area (Å²) in [4.78, 5) is 11.0. The molecule has 6 heteroatoms. The molecule has 4 nitrogen and oxygen atoms in total. The molecule has 0 aliphatic carbocycles. The van der Waals surface area contributed by atoms with Crippen LogP contribution in [0.2, 0.25) is 0 Å². The van der Waals surface area contributed by atoms with E-state index in [1.807, 2.05) is 18.2 Å². The first-order chi connectivity index (χ1) is 8.07. The van der Waals surface area contributed by atoms with E-state index in [9.17, 15) is 13.2 Å². The highest BCUT2D eigenvalue weighted by Gasteiger charge is 2.15. The van der Waals surface area contributed by atoms with E-state index in [1.165, 1.54) is 11.3 Å². The molecular weight excluding hydrogens is 258 g/mol. The van der Waals surface area contributed by atoms with Gasteiger partial charge < -0.3 is 0 Å². The monoisotopic (exact) mass is 269 g/mol. The van der Waals surface area contributed by atoms with Crippen molar-refractivity contribution in [2.75, 3.05) is 10.5 Å². The van der Waals surface area contributed by atoms with Crippen molar-refractivity contribution >= 4 is 42.7 Å². The van der Waals surface area contributed by atoms with Crippen LogP contribution in [0, 0.1) is 0 Å². The van der Waals surface area contributed by atoms with Crippen LogP contribution in [0.4, 0.5) is 5.00 Å². The Morgan fingerprint density at radius 1 is 1.35 bits per heavy atom. The summed E-state index contributed by atoms with van der Waals surface area (Å²) in [6, 6.07) is 7.34. The van der Waals surface area contributed by atoms with E-state index in [4.69, 9.17) is 0 Å². The number of benzene rings is 1. The second-order valence-corrected chi connectivity index (χ2v) is 6.53. The van der Waals surface area contributed by atoms with E-state index in [2.05, 4.69) is 4.72 Å². The van der Waals surface area contributed by atoms with E-state index in [0.717, 1.165) is 10.1 Å². The Morgan fingerprint density at radius 2 is 2.06 bits per heavy atom. The zero-order valence-electron chi connectivity index (χ0n) is 9.14. The van der Waals surface area contributed by atoms with Gasteiger partial charge in [0.05, 0.1) is 11.3 Å². The number of hydrogen-bond acceptors (Lipinski definition) is 4. The number of anilines is 1. The van der Waals surface area contributed by atoms with Gasteiger partial charge in [0.1, 0.15) is 5.00 Å². The number of sulfonamides is 1. The van der Waals surface area contributed by atoms with E-state index < -0.39 is 10.0 Å². The van der Waals surface area contributed by atoms with Crippen molar-refractivity contribution in [1.82, 2.24) is 0 Å². The first-order valence-corrected chi connectivity index (χ1v) is 7.51. The van der Waals surface area contributed by atoms with Crippen LogP contribution in [-0.2, 0) is 10.0 Å². The number of fused-ring (bicyclic) bond motifs is 1. The van der Waals surface area contributed by atoms with Crippen molar-refractivity contribution < 1.29 is 13.2 Å². The molecule has 2 aromatic rings. The minimum Gasteiger partial charge on any atom is -0.298 e. The maximum Gasteiger partial charge on any atom is 0.233 e. The number of aldehydes is 1. The number of rotatable bonds is 4. The minimum atomic E-state index is -3.35. The first-order valence-electron chi connectivity index (χ1n) is 5.04. The van der Waals surface area contributed by atoms with Crippen molar-refractivity contribution in [3.63, 3.8) is 0 Å². The second kappa shape index (κ2) is 4.46. The molecule has 0 amide bonds. The molecule has 17 heavy (non-hydrogen) atoms. The van der Waals surface area contributed by atoms with Crippen molar-refractivity contribution in [1.29, 1.82) is 0 Å². The fourth-order valence-electron chi connectivity index (χ4n) is 1.47. The van der Waals surface area contributed by atoms with Crippen molar-refractivity contribution in [2.45, 2.75) is 6.92 Å². The molecule has 90 valence electrons. The fraction of sp³-hybridized carbons (Fsp3) is 0.182. The summed E-state index contributed by atoms with van der Waals surface area (Å²) in [5.74, 6) is -0.0143. The lowest BCUT2D eigenvalue weighted by molar-refractivity contribution is 0.112. The zero-order chi connectivity index (χ0) is 12.5. The summed E-state index contributed by atoms with van der Waals surface area (Å²) in [5.41, 5.74) is 0.405. The molecule has 0 bridgehead atoms. The van der Waals surface area contributed by atoms with Gasteiger partial charge in [-0.05, 0) is 13.0 Å². The van der Waals surface area contributed by atoms with Crippen LogP contribution in [0.3, 0.4) is 0 Å². The van der Waals surface area contributed by atoms with Crippen LogP contribution in [-0.4, -0.2) is 20.5 Å². The molecule has 0 atom stereocenters. The van der Waals surface area contributed by atoms with Crippen molar-refractivity contribution in [3.8, 4) is 0 Å². The molecular formula is C11H11NO3S2. The molecule has 1 heterocycles. The quantitative estimate of drug-likeness (QED) is 0.867. The Labute approximate surface area is 103 Å². The third-order valence-electron chi connectivity index (χ3n) is 2.38. The lowest BCUT2D eigenvalue weighted by atomic mass is 10.2. The van der Waals surface area contributed by atoms with E-state index in [1.54, 1.807) is 13.0 Å². The lowest BCUT2D eigenvalue weighted by Crippen LogP contribution is -2.14. The van der Waals surface area contributed by atoms with Gasteiger partial charge in [0, 0.05) is 10.1 Å². The van der Waals surface area contributed by atoms with Crippen LogP contribution >= 0.6 is 11.3 Å². The lowest BCUT2D eigenvalue weighted by Gasteiger charge is -2.03. The Bertz CT molecular complexity index is 658. The van der Waals surface area contributed by atoms with E-state index >= 15 is 0 Å². The summed E-state index contributed by atoms with van der Waals surface area (Å²) in [5, 5.41) is 1.17. The average Bonchev–Trinajstić information content (AvgIpc) is 2.65. The molecule has 0 unspecified atom stereocenters. The average molecular weight is 269 g/mol. The Balaban J connectivity index is 2.58. The van der Waals surface area contributed by atoms with Crippen LogP contribution in [0.5, 0.6) is 0 Å². The molecule has 0 spiro atoms. The maximum atomic E-state index is 11.5. The predicted octanol–water partition coefficient (Wildman–Crippen LogP) is 2.48. The highest BCUT2D eigenvalue weighted by Crippen LogP contribution is 2.34. The predicted molar refractivity (Wildman–Crippen MR) is 70.3 cm³/mol. The van der Waals surface area contributed by atoms with E-state index in [-0.39, 0.29) is 5.75 Å². The van der Waals surface area contributed by atoms with Crippen LogP contribution < -0.4 is 4.72 Å². The van der Waals surface area contributed by atoms with Gasteiger partial charge in [-0.1, -0.05) is 18.2 Å². The van der Waals surface area contributed by atoms with Gasteiger partial charge in [-0.3, -0.25) is 9.52 Å². The number of carbonyl (C=O) groups excluding carboxylic acids is 1. The molecule has 0 saturated heterocycles. The summed E-state index contributed by atoms with van der Waals surface area (Å²) >= 11 is 1.27. The molecule has 0 fully saturated rings. The highest BCUT2D eigenvalue weighted by atomic mass is 32.2. The minimum absolute atomic E-state index is 0.0143. The Hall–Kier alpha value is -1.40. The second-order valence-electron chi connectivity index (χ2n) is 3.46. The standard InChI is InChI=1S/C11H11NO3S2/c1-2-17(14,15)12-11-9(7-13)8-5-3-4-6-10(8)16-11/h3-7,12H,2H2,1H3. The third-order valence-corrected chi connectivity index (χ3v) is 4.89. The molecule has 0 aliphatic heterocycles. The van der Waals surface area contributed by atoms with Gasteiger partial charge in [0.25, 0.3) is 0 Å². The smallest absolute Gasteiger partial charge is 0.233 e. The molecule has 2 rings (SSSR count). The SMILES string of the molecule is CCS(=O)(=O)Nc1sc2ccccc2c1C=O. The molecule has 1 aromatic carbocycles. The van der Waals surface area contributed by atoms with Gasteiger partial charge in [-0.2, -0.15) is 0 Å². The van der Waals surface area contributed by atoms with Gasteiger partial charge in [-0.15, -0.1) is 11.3 Å². The highest BCUT2D eigenvalue weighted by molar-refractivity contribution is 7.92. The number of hydrogen-bond donors (Lipinski definition) is 1. The van der Waals surface area contributed by atoms with Crippen molar-refractivity contribution in [2.24, 2.45) is 0 Å². The van der Waals surface area contributed by atoms with Gasteiger partial charge in [0.15, 0.2) is 6.29 Å². The molecule has 0 radical (unpaired) electrons. The topological polar surface area (TPSA) is 63.2 Å². The van der Waals surface area contributed by atoms with Crippen LogP contribution in [0.1, 0.15) is 17.3 Å². The zero-order valence-corrected chi connectivity index (χ0v) is 10.8. The van der Waals surface area contributed by atoms with Crippen LogP contribution in [0.25, 0.3) is 10.1 Å². The number of carbonyl (C=O) groups is 1. The van der Waals surface area contributed by atoms with E-state index in [0.29, 0.717) is 16.9 Å². The van der Waals surface area contributed by atoms with Gasteiger partial charge >= 0.3 is 0 Å². The summed E-state index contributed by atoms with van der Waals surface area (Å²) in [6.45, 7) is 1.55. The largest absolute Gasteiger partial charge is 0.298 e. The third kappa shape index (κ3) is 2.32. The van der Waals surface area contributed by atoms with Crippen LogP contribution in [0.15, 0.2) is 24.3 Å². The maximum absolute atomic E-state index is 11.5. The van der Waals surface area contributed by atoms with Gasteiger partial charge in [-0.25, -0.2) is 8.42 Å². The molecule has 1 aromatic heterocycles. The number of nitrogens with one attached hydrogen (secondary N) is 1. The fourth-order valence-corrected chi connectivity index (χ4v) is 3.48. The first kappa shape index (κ1) is 12.1. The molecule has 0 aliphatic rings. The summed E-state index contributed by atoms with van der Waals surface area (Å²) in [6.07, 6.45) is 0.687. The Kier molecular flexibility index (Phi) is 3.17. The number of thiophene rings is 1. The Morgan fingerprint density at radius 3 is 2.71 bits per heavy atom. The van der Waals surface area contributed by atoms with Crippen molar-refractivity contribution in [3.05, 3.63) is 29.8 Å².